The van der Waals surface area contributed by atoms with Crippen molar-refractivity contribution in [3.63, 3.8) is 0 Å². The second-order valence-electron chi connectivity index (χ2n) is 5.20. The Kier molecular flexibility index (Phi) is 5.08. The van der Waals surface area contributed by atoms with Crippen molar-refractivity contribution in [3.05, 3.63) is 49.4 Å². The Morgan fingerprint density at radius 3 is 2.67 bits per heavy atom. The molecule has 0 radical (unpaired) electrons. The van der Waals surface area contributed by atoms with Crippen LogP contribution in [0.3, 0.4) is 0 Å². The lowest BCUT2D eigenvalue weighted by atomic mass is 10.1. The number of halogens is 3. The zero-order valence-electron chi connectivity index (χ0n) is 11.7. The van der Waals surface area contributed by atoms with Crippen molar-refractivity contribution in [1.82, 2.24) is 9.97 Å². The minimum absolute atomic E-state index is 0.0842. The third-order valence-electron chi connectivity index (χ3n) is 2.95. The van der Waals surface area contributed by atoms with Gasteiger partial charge in [0.1, 0.15) is 5.82 Å². The van der Waals surface area contributed by atoms with Crippen LogP contribution in [0.5, 0.6) is 0 Å². The molecule has 0 aliphatic heterocycles. The van der Waals surface area contributed by atoms with Gasteiger partial charge in [-0.3, -0.25) is 4.79 Å². The van der Waals surface area contributed by atoms with E-state index >= 15 is 0 Å². The van der Waals surface area contributed by atoms with Gasteiger partial charge < -0.3 is 4.98 Å². The molecule has 0 fully saturated rings. The number of aromatic amines is 1. The largest absolute Gasteiger partial charge is 0.306 e. The summed E-state index contributed by atoms with van der Waals surface area (Å²) in [6, 6.07) is 5.91. The van der Waals surface area contributed by atoms with Crippen molar-refractivity contribution >= 4 is 22.6 Å². The summed E-state index contributed by atoms with van der Waals surface area (Å²) in [6.45, 7) is 4.08. The number of nitrogens with zero attached hydrogens (tertiary/aromatic N) is 1. The van der Waals surface area contributed by atoms with E-state index in [0.29, 0.717) is 33.0 Å². The highest BCUT2D eigenvalue weighted by molar-refractivity contribution is 14.1. The van der Waals surface area contributed by atoms with Crippen molar-refractivity contribution in [2.45, 2.75) is 26.7 Å². The predicted octanol–water partition coefficient (Wildman–Crippen LogP) is 4.18. The van der Waals surface area contributed by atoms with Gasteiger partial charge in [-0.15, -0.1) is 0 Å². The standard InChI is InChI=1S/C15H15F2IN2O/c1-8(2)6-11-12(18)15(21)20-14(19-11)10-5-3-4-9(7-10)13(16)17/h3-5,7-8,13H,6H2,1-2H3,(H,19,20,21). The fourth-order valence-electron chi connectivity index (χ4n) is 1.99. The van der Waals surface area contributed by atoms with E-state index in [-0.39, 0.29) is 11.1 Å². The second-order valence-corrected chi connectivity index (χ2v) is 6.28. The number of nitrogens with one attached hydrogen (secondary N) is 1. The molecule has 1 aromatic carbocycles. The van der Waals surface area contributed by atoms with Crippen LogP contribution < -0.4 is 5.56 Å². The molecule has 0 atom stereocenters. The number of alkyl halides is 2. The molecule has 0 aliphatic carbocycles. The summed E-state index contributed by atoms with van der Waals surface area (Å²) in [5.41, 5.74) is 0.871. The number of benzene rings is 1. The van der Waals surface area contributed by atoms with Crippen molar-refractivity contribution in [1.29, 1.82) is 0 Å². The van der Waals surface area contributed by atoms with Gasteiger partial charge in [0, 0.05) is 11.1 Å². The predicted molar refractivity (Wildman–Crippen MR) is 86.5 cm³/mol. The molecule has 1 aromatic heterocycles. The normalized spacial score (nSPS) is 11.4. The SMILES string of the molecule is CC(C)Cc1nc(-c2cccc(C(F)F)c2)[nH]c(=O)c1I. The van der Waals surface area contributed by atoms with Gasteiger partial charge in [0.05, 0.1) is 9.26 Å². The molecule has 21 heavy (non-hydrogen) atoms. The molecule has 1 N–H and O–H groups in total. The minimum atomic E-state index is -2.55. The van der Waals surface area contributed by atoms with E-state index < -0.39 is 6.43 Å². The third kappa shape index (κ3) is 3.87. The zero-order valence-corrected chi connectivity index (χ0v) is 13.8. The number of aromatic nitrogens is 2. The summed E-state index contributed by atoms with van der Waals surface area (Å²) < 4.78 is 26.1. The van der Waals surface area contributed by atoms with Crippen LogP contribution in [-0.4, -0.2) is 9.97 Å². The van der Waals surface area contributed by atoms with Crippen molar-refractivity contribution in [2.24, 2.45) is 5.92 Å². The first kappa shape index (κ1) is 16.1. The highest BCUT2D eigenvalue weighted by Crippen LogP contribution is 2.24. The number of H-pyrrole nitrogens is 1. The molecule has 3 nitrogen and oxygen atoms in total. The summed E-state index contributed by atoms with van der Waals surface area (Å²) in [5.74, 6) is 0.687. The highest BCUT2D eigenvalue weighted by atomic mass is 127. The van der Waals surface area contributed by atoms with Crippen LogP contribution in [0.1, 0.15) is 31.5 Å². The first-order valence-corrected chi connectivity index (χ1v) is 7.63. The summed E-state index contributed by atoms with van der Waals surface area (Å²) in [6.07, 6.45) is -1.88. The van der Waals surface area contributed by atoms with Gasteiger partial charge in [0.2, 0.25) is 0 Å². The molecule has 2 aromatic rings. The maximum atomic E-state index is 12.8. The molecule has 6 heteroatoms. The van der Waals surface area contributed by atoms with Gasteiger partial charge in [0.15, 0.2) is 0 Å². The van der Waals surface area contributed by atoms with Gasteiger partial charge in [-0.2, -0.15) is 0 Å². The smallest absolute Gasteiger partial charge is 0.264 e. The van der Waals surface area contributed by atoms with Crippen LogP contribution in [0.4, 0.5) is 8.78 Å². The Labute approximate surface area is 135 Å². The fraction of sp³-hybridized carbons (Fsp3) is 0.333. The van der Waals surface area contributed by atoms with Crippen molar-refractivity contribution in [2.75, 3.05) is 0 Å². The van der Waals surface area contributed by atoms with Crippen LogP contribution in [0.2, 0.25) is 0 Å². The van der Waals surface area contributed by atoms with E-state index in [1.807, 2.05) is 36.4 Å². The molecular formula is C15H15F2IN2O. The molecule has 0 amide bonds. The van der Waals surface area contributed by atoms with Crippen LogP contribution in [0, 0.1) is 9.49 Å². The molecule has 1 heterocycles. The molecule has 0 unspecified atom stereocenters. The lowest BCUT2D eigenvalue weighted by Crippen LogP contribution is -2.17. The Balaban J connectivity index is 2.51. The molecule has 2 rings (SSSR count). The number of hydrogen-bond donors (Lipinski definition) is 1. The summed E-state index contributed by atoms with van der Waals surface area (Å²) >= 11 is 1.97. The first-order valence-electron chi connectivity index (χ1n) is 6.55. The van der Waals surface area contributed by atoms with E-state index in [1.54, 1.807) is 6.07 Å². The van der Waals surface area contributed by atoms with Crippen molar-refractivity contribution in [3.8, 4) is 11.4 Å². The highest BCUT2D eigenvalue weighted by Gasteiger charge is 2.13. The van der Waals surface area contributed by atoms with Gasteiger partial charge in [0.25, 0.3) is 12.0 Å². The Morgan fingerprint density at radius 1 is 1.33 bits per heavy atom. The summed E-state index contributed by atoms with van der Waals surface area (Å²) in [4.78, 5) is 19.1. The Morgan fingerprint density at radius 2 is 2.05 bits per heavy atom. The minimum Gasteiger partial charge on any atom is -0.306 e. The van der Waals surface area contributed by atoms with E-state index in [0.717, 1.165) is 0 Å². The molecule has 0 saturated heterocycles. The summed E-state index contributed by atoms with van der Waals surface area (Å²) in [7, 11) is 0. The molecule has 112 valence electrons. The van der Waals surface area contributed by atoms with Gasteiger partial charge in [-0.05, 0) is 41.0 Å². The van der Waals surface area contributed by atoms with Crippen LogP contribution in [0.25, 0.3) is 11.4 Å². The average molecular weight is 404 g/mol. The Bertz CT molecular complexity index is 698. The second kappa shape index (κ2) is 6.64. The first-order chi connectivity index (χ1) is 9.88. The van der Waals surface area contributed by atoms with E-state index in [2.05, 4.69) is 9.97 Å². The van der Waals surface area contributed by atoms with Gasteiger partial charge in [-0.25, -0.2) is 13.8 Å². The van der Waals surface area contributed by atoms with Crippen LogP contribution in [-0.2, 0) is 6.42 Å². The molecule has 0 bridgehead atoms. The maximum absolute atomic E-state index is 12.8. The van der Waals surface area contributed by atoms with Crippen molar-refractivity contribution < 1.29 is 8.78 Å². The molecule has 0 saturated carbocycles. The van der Waals surface area contributed by atoms with Gasteiger partial charge >= 0.3 is 0 Å². The van der Waals surface area contributed by atoms with Crippen LogP contribution in [0.15, 0.2) is 29.1 Å². The Hall–Kier alpha value is -1.31. The fourth-order valence-corrected chi connectivity index (χ4v) is 2.46. The number of hydrogen-bond acceptors (Lipinski definition) is 2. The quantitative estimate of drug-likeness (QED) is 0.778. The monoisotopic (exact) mass is 404 g/mol. The van der Waals surface area contributed by atoms with E-state index in [9.17, 15) is 13.6 Å². The molecule has 0 spiro atoms. The summed E-state index contributed by atoms with van der Waals surface area (Å²) in [5, 5.41) is 0. The number of rotatable bonds is 4. The maximum Gasteiger partial charge on any atom is 0.264 e. The van der Waals surface area contributed by atoms with E-state index in [1.165, 1.54) is 18.2 Å². The molecular weight excluding hydrogens is 389 g/mol. The lowest BCUT2D eigenvalue weighted by molar-refractivity contribution is 0.151. The molecule has 0 aliphatic rings. The average Bonchev–Trinajstić information content (AvgIpc) is 2.43. The van der Waals surface area contributed by atoms with Gasteiger partial charge in [-0.1, -0.05) is 32.0 Å². The topological polar surface area (TPSA) is 45.8 Å². The third-order valence-corrected chi connectivity index (χ3v) is 4.06. The van der Waals surface area contributed by atoms with E-state index in [4.69, 9.17) is 0 Å². The zero-order chi connectivity index (χ0) is 15.6. The van der Waals surface area contributed by atoms with Crippen LogP contribution >= 0.6 is 22.6 Å². The lowest BCUT2D eigenvalue weighted by Gasteiger charge is -2.09.